The molecule has 2 aromatic heterocycles. The van der Waals surface area contributed by atoms with Gasteiger partial charge in [-0.05, 0) is 0 Å². The molecule has 1 saturated heterocycles. The fourth-order valence-electron chi connectivity index (χ4n) is 2.00. The zero-order chi connectivity index (χ0) is 15.9. The van der Waals surface area contributed by atoms with E-state index in [2.05, 4.69) is 20.2 Å². The van der Waals surface area contributed by atoms with Crippen LogP contribution < -0.4 is 5.73 Å². The molecule has 22 heavy (non-hydrogen) atoms. The Morgan fingerprint density at radius 3 is 2.91 bits per heavy atom. The van der Waals surface area contributed by atoms with Crippen molar-refractivity contribution in [3.63, 3.8) is 0 Å². The number of ether oxygens (including phenoxy) is 2. The Morgan fingerprint density at radius 1 is 1.45 bits per heavy atom. The number of hydrogen-bond acceptors (Lipinski definition) is 9. The van der Waals surface area contributed by atoms with E-state index in [-0.39, 0.29) is 23.4 Å². The van der Waals surface area contributed by atoms with Gasteiger partial charge in [-0.2, -0.15) is 0 Å². The number of fused-ring (bicyclic) bond motifs is 1. The molecule has 3 heterocycles. The molecule has 1 fully saturated rings. The van der Waals surface area contributed by atoms with Gasteiger partial charge >= 0.3 is 7.60 Å². The van der Waals surface area contributed by atoms with Crippen LogP contribution in [0.4, 0.5) is 5.82 Å². The lowest BCUT2D eigenvalue weighted by molar-refractivity contribution is -0.152. The maximum absolute atomic E-state index is 10.8. The van der Waals surface area contributed by atoms with Crippen LogP contribution in [0.5, 0.6) is 0 Å². The molecule has 2 aromatic rings. The van der Waals surface area contributed by atoms with Crippen LogP contribution in [0.25, 0.3) is 11.2 Å². The van der Waals surface area contributed by atoms with E-state index in [4.69, 9.17) is 25.0 Å². The minimum absolute atomic E-state index is 0.0176. The molecule has 1 aliphatic rings. The standard InChI is InChI=1S/C9H13N6O6P/c10-7-6-8(12-2-11-7)14-15(13-6)9-4(16)1-5(21-9)20-3-22(17,18)19/h2,4-5,9,16H,1,3H2,(H2,17,18,19)(H2,10,11,12,14). The van der Waals surface area contributed by atoms with E-state index in [1.807, 2.05) is 0 Å². The van der Waals surface area contributed by atoms with E-state index in [0.717, 1.165) is 4.80 Å². The lowest BCUT2D eigenvalue weighted by Crippen LogP contribution is -2.22. The van der Waals surface area contributed by atoms with E-state index >= 15 is 0 Å². The highest BCUT2D eigenvalue weighted by Gasteiger charge is 2.38. The van der Waals surface area contributed by atoms with Crippen molar-refractivity contribution in [2.45, 2.75) is 25.0 Å². The Labute approximate surface area is 123 Å². The molecule has 0 bridgehead atoms. The summed E-state index contributed by atoms with van der Waals surface area (Å²) in [5.74, 6) is 0.137. The van der Waals surface area contributed by atoms with Gasteiger partial charge in [-0.3, -0.25) is 4.57 Å². The number of nitrogen functional groups attached to an aromatic ring is 1. The average Bonchev–Trinajstić information content (AvgIpc) is 3.00. The van der Waals surface area contributed by atoms with Crippen molar-refractivity contribution < 1.29 is 28.9 Å². The predicted molar refractivity (Wildman–Crippen MR) is 70.1 cm³/mol. The second kappa shape index (κ2) is 5.50. The van der Waals surface area contributed by atoms with Gasteiger partial charge in [0.25, 0.3) is 0 Å². The van der Waals surface area contributed by atoms with Crippen LogP contribution in [0.2, 0.25) is 0 Å². The van der Waals surface area contributed by atoms with Gasteiger partial charge in [0.2, 0.25) is 5.65 Å². The Balaban J connectivity index is 1.76. The van der Waals surface area contributed by atoms with Gasteiger partial charge in [-0.15, -0.1) is 15.0 Å². The molecule has 0 radical (unpaired) electrons. The molecule has 13 heteroatoms. The molecule has 3 rings (SSSR count). The molecule has 0 saturated carbocycles. The summed E-state index contributed by atoms with van der Waals surface area (Å²) in [6.45, 7) is 0. The topological polar surface area (TPSA) is 179 Å². The molecule has 3 atom stereocenters. The summed E-state index contributed by atoms with van der Waals surface area (Å²) in [7, 11) is -4.32. The van der Waals surface area contributed by atoms with Crippen molar-refractivity contribution in [1.29, 1.82) is 0 Å². The number of anilines is 1. The van der Waals surface area contributed by atoms with Crippen LogP contribution in [-0.2, 0) is 14.0 Å². The first-order chi connectivity index (χ1) is 10.3. The highest BCUT2D eigenvalue weighted by molar-refractivity contribution is 7.51. The third-order valence-electron chi connectivity index (χ3n) is 2.94. The van der Waals surface area contributed by atoms with Crippen LogP contribution >= 0.6 is 7.60 Å². The van der Waals surface area contributed by atoms with Gasteiger partial charge in [0.05, 0.1) is 0 Å². The Kier molecular flexibility index (Phi) is 3.80. The zero-order valence-electron chi connectivity index (χ0n) is 11.1. The minimum atomic E-state index is -4.32. The van der Waals surface area contributed by atoms with E-state index < -0.39 is 32.6 Å². The quantitative estimate of drug-likeness (QED) is 0.482. The van der Waals surface area contributed by atoms with Gasteiger partial charge in [0.1, 0.15) is 12.4 Å². The fourth-order valence-corrected chi connectivity index (χ4v) is 2.36. The summed E-state index contributed by atoms with van der Waals surface area (Å²) in [5.41, 5.74) is 6.14. The van der Waals surface area contributed by atoms with E-state index in [9.17, 15) is 9.67 Å². The monoisotopic (exact) mass is 332 g/mol. The second-order valence-electron chi connectivity index (χ2n) is 4.67. The van der Waals surface area contributed by atoms with Gasteiger partial charge < -0.3 is 30.1 Å². The smallest absolute Gasteiger partial charge is 0.351 e. The largest absolute Gasteiger partial charge is 0.388 e. The number of nitrogens with two attached hydrogens (primary N) is 1. The molecule has 0 amide bonds. The summed E-state index contributed by atoms with van der Waals surface area (Å²) >= 11 is 0. The number of nitrogens with zero attached hydrogens (tertiary/aromatic N) is 5. The molecule has 0 aromatic carbocycles. The summed E-state index contributed by atoms with van der Waals surface area (Å²) in [5, 5.41) is 18.0. The highest BCUT2D eigenvalue weighted by Crippen LogP contribution is 2.37. The minimum Gasteiger partial charge on any atom is -0.388 e. The molecule has 5 N–H and O–H groups in total. The van der Waals surface area contributed by atoms with Crippen LogP contribution in [0, 0.1) is 0 Å². The van der Waals surface area contributed by atoms with Crippen molar-refractivity contribution in [3.05, 3.63) is 6.33 Å². The zero-order valence-corrected chi connectivity index (χ0v) is 11.9. The molecule has 12 nitrogen and oxygen atoms in total. The first kappa shape index (κ1) is 15.2. The Bertz CT molecular complexity index is 732. The van der Waals surface area contributed by atoms with E-state index in [1.165, 1.54) is 6.33 Å². The van der Waals surface area contributed by atoms with E-state index in [0.29, 0.717) is 0 Å². The van der Waals surface area contributed by atoms with Crippen LogP contribution in [0.15, 0.2) is 6.33 Å². The molecule has 3 unspecified atom stereocenters. The molecular weight excluding hydrogens is 319 g/mol. The van der Waals surface area contributed by atoms with E-state index in [1.54, 1.807) is 0 Å². The maximum atomic E-state index is 10.8. The first-order valence-electron chi connectivity index (χ1n) is 6.16. The summed E-state index contributed by atoms with van der Waals surface area (Å²) in [6, 6.07) is 0. The molecular formula is C9H13N6O6P. The summed E-state index contributed by atoms with van der Waals surface area (Å²) < 4.78 is 21.0. The molecule has 120 valence electrons. The average molecular weight is 332 g/mol. The molecule has 0 aliphatic carbocycles. The number of aliphatic hydroxyl groups excluding tert-OH is 1. The number of hydrogen-bond donors (Lipinski definition) is 4. The first-order valence-corrected chi connectivity index (χ1v) is 7.96. The lowest BCUT2D eigenvalue weighted by atomic mass is 10.3. The molecule has 0 spiro atoms. The van der Waals surface area contributed by atoms with Crippen LogP contribution in [-0.4, -0.2) is 58.6 Å². The fraction of sp³-hybridized carbons (Fsp3) is 0.556. The van der Waals surface area contributed by atoms with Crippen LogP contribution in [0.1, 0.15) is 12.6 Å². The Hall–Kier alpha value is -1.69. The molecule has 1 aliphatic heterocycles. The number of aromatic nitrogens is 5. The SMILES string of the molecule is Nc1ncnc2nn(C3OC(OCP(=O)(O)O)CC3O)nc12. The van der Waals surface area contributed by atoms with Crippen LogP contribution in [0.3, 0.4) is 0 Å². The normalized spacial score (nSPS) is 25.9. The maximum Gasteiger partial charge on any atom is 0.351 e. The lowest BCUT2D eigenvalue weighted by Gasteiger charge is -2.14. The van der Waals surface area contributed by atoms with Crippen molar-refractivity contribution in [2.24, 2.45) is 0 Å². The van der Waals surface area contributed by atoms with Gasteiger partial charge in [0.15, 0.2) is 30.2 Å². The van der Waals surface area contributed by atoms with Gasteiger partial charge in [-0.25, -0.2) is 9.97 Å². The van der Waals surface area contributed by atoms with Crippen molar-refractivity contribution in [1.82, 2.24) is 25.0 Å². The van der Waals surface area contributed by atoms with Gasteiger partial charge in [0, 0.05) is 6.42 Å². The summed E-state index contributed by atoms with van der Waals surface area (Å²) in [6.07, 6.45) is -2.53. The third kappa shape index (κ3) is 3.06. The van der Waals surface area contributed by atoms with Crippen molar-refractivity contribution in [3.8, 4) is 0 Å². The van der Waals surface area contributed by atoms with Crippen molar-refractivity contribution in [2.75, 3.05) is 12.1 Å². The number of aliphatic hydroxyl groups is 1. The van der Waals surface area contributed by atoms with Gasteiger partial charge in [-0.1, -0.05) is 0 Å². The second-order valence-corrected chi connectivity index (χ2v) is 6.26. The number of rotatable bonds is 4. The van der Waals surface area contributed by atoms with Crippen molar-refractivity contribution >= 4 is 24.6 Å². The third-order valence-corrected chi connectivity index (χ3v) is 3.43. The highest BCUT2D eigenvalue weighted by atomic mass is 31.2. The Morgan fingerprint density at radius 2 is 2.23 bits per heavy atom. The summed E-state index contributed by atoms with van der Waals surface area (Å²) in [4.78, 5) is 26.3. The predicted octanol–water partition coefficient (Wildman–Crippen LogP) is -1.44.